The lowest BCUT2D eigenvalue weighted by Gasteiger charge is -2.41. The summed E-state index contributed by atoms with van der Waals surface area (Å²) in [6, 6.07) is 2.22. The minimum atomic E-state index is -1.02. The van der Waals surface area contributed by atoms with Gasteiger partial charge < -0.3 is 15.0 Å². The summed E-state index contributed by atoms with van der Waals surface area (Å²) in [5, 5.41) is 4.88. The first-order chi connectivity index (χ1) is 14.7. The predicted octanol–water partition coefficient (Wildman–Crippen LogP) is 2.98. The van der Waals surface area contributed by atoms with Crippen molar-refractivity contribution in [1.29, 1.82) is 0 Å². The maximum Gasteiger partial charge on any atom is 0.407 e. The van der Waals surface area contributed by atoms with Gasteiger partial charge in [-0.15, -0.1) is 0 Å². The zero-order valence-corrected chi connectivity index (χ0v) is 17.5. The first kappa shape index (κ1) is 21.5. The second-order valence-electron chi connectivity index (χ2n) is 9.12. The number of amides is 3. The van der Waals surface area contributed by atoms with Crippen LogP contribution >= 0.6 is 0 Å². The van der Waals surface area contributed by atoms with Gasteiger partial charge in [0.1, 0.15) is 11.6 Å². The molecule has 2 saturated heterocycles. The third kappa shape index (κ3) is 4.97. The summed E-state index contributed by atoms with van der Waals surface area (Å²) in [5.41, 5.74) is 0.467. The first-order valence-corrected chi connectivity index (χ1v) is 10.7. The van der Waals surface area contributed by atoms with Gasteiger partial charge in [-0.25, -0.2) is 13.6 Å². The number of nitrogens with one attached hydrogen (secondary N) is 2. The summed E-state index contributed by atoms with van der Waals surface area (Å²) in [4.78, 5) is 36.8. The van der Waals surface area contributed by atoms with Crippen LogP contribution in [0.25, 0.3) is 0 Å². The number of ether oxygens (including phenoxy) is 1. The SMILES string of the molecule is CC1(CCCOC(=O)NC2CN(c3cc(F)c(C4CCC(=O)NC4=O)c(F)c3)C2)CC1. The lowest BCUT2D eigenvalue weighted by molar-refractivity contribution is -0.134. The standard InChI is InChI=1S/C22H27F2N3O4/c1-22(6-7-22)5-2-8-31-21(30)25-13-11-27(12-13)14-9-16(23)19(17(24)10-14)15-3-4-18(28)26-20(15)29/h9-10,13,15H,2-8,11-12H2,1H3,(H,25,30)(H,26,28,29). The molecule has 1 saturated carbocycles. The van der Waals surface area contributed by atoms with Gasteiger partial charge in [0.05, 0.1) is 18.6 Å². The fraction of sp³-hybridized carbons (Fsp3) is 0.591. The highest BCUT2D eigenvalue weighted by molar-refractivity contribution is 6.01. The van der Waals surface area contributed by atoms with E-state index in [1.165, 1.54) is 25.0 Å². The van der Waals surface area contributed by atoms with E-state index in [9.17, 15) is 23.2 Å². The van der Waals surface area contributed by atoms with Gasteiger partial charge in [0.25, 0.3) is 0 Å². The van der Waals surface area contributed by atoms with Crippen molar-refractivity contribution in [1.82, 2.24) is 10.6 Å². The van der Waals surface area contributed by atoms with E-state index in [1.807, 2.05) is 0 Å². The van der Waals surface area contributed by atoms with E-state index in [4.69, 9.17) is 4.74 Å². The molecule has 1 aromatic carbocycles. The molecule has 0 spiro atoms. The molecule has 1 aliphatic carbocycles. The summed E-state index contributed by atoms with van der Waals surface area (Å²) >= 11 is 0. The largest absolute Gasteiger partial charge is 0.450 e. The van der Waals surface area contributed by atoms with Crippen LogP contribution in [0.15, 0.2) is 12.1 Å². The molecule has 1 atom stereocenters. The van der Waals surface area contributed by atoms with Gasteiger partial charge in [-0.05, 0) is 49.7 Å². The number of hydrogen-bond acceptors (Lipinski definition) is 5. The van der Waals surface area contributed by atoms with Crippen LogP contribution in [0, 0.1) is 17.0 Å². The Morgan fingerprint density at radius 1 is 1.26 bits per heavy atom. The van der Waals surface area contributed by atoms with E-state index in [1.54, 1.807) is 4.90 Å². The predicted molar refractivity (Wildman–Crippen MR) is 109 cm³/mol. The van der Waals surface area contributed by atoms with Gasteiger partial charge >= 0.3 is 6.09 Å². The van der Waals surface area contributed by atoms with Crippen LogP contribution in [0.5, 0.6) is 0 Å². The van der Waals surface area contributed by atoms with Crippen molar-refractivity contribution in [2.24, 2.45) is 5.41 Å². The smallest absolute Gasteiger partial charge is 0.407 e. The fourth-order valence-electron chi connectivity index (χ4n) is 4.17. The van der Waals surface area contributed by atoms with Crippen molar-refractivity contribution in [3.63, 3.8) is 0 Å². The monoisotopic (exact) mass is 435 g/mol. The lowest BCUT2D eigenvalue weighted by atomic mass is 9.89. The van der Waals surface area contributed by atoms with Gasteiger partial charge in [0.2, 0.25) is 11.8 Å². The Morgan fingerprint density at radius 3 is 2.55 bits per heavy atom. The highest BCUT2D eigenvalue weighted by atomic mass is 19.1. The summed E-state index contributed by atoms with van der Waals surface area (Å²) in [5.74, 6) is -3.77. The second kappa shape index (κ2) is 8.43. The van der Waals surface area contributed by atoms with Crippen LogP contribution in [-0.4, -0.2) is 43.6 Å². The number of hydrogen-bond donors (Lipinski definition) is 2. The average Bonchev–Trinajstić information content (AvgIpc) is 3.40. The molecule has 31 heavy (non-hydrogen) atoms. The number of carbonyl (C=O) groups is 3. The molecule has 4 rings (SSSR count). The second-order valence-corrected chi connectivity index (χ2v) is 9.12. The topological polar surface area (TPSA) is 87.7 Å². The molecule has 1 aromatic rings. The third-order valence-electron chi connectivity index (χ3n) is 6.48. The van der Waals surface area contributed by atoms with E-state index in [0.29, 0.717) is 30.8 Å². The Hall–Kier alpha value is -2.71. The number of imide groups is 1. The minimum absolute atomic E-state index is 0.0475. The molecule has 2 N–H and O–H groups in total. The van der Waals surface area contributed by atoms with Gasteiger partial charge in [-0.2, -0.15) is 0 Å². The average molecular weight is 435 g/mol. The normalized spacial score (nSPS) is 22.5. The number of piperidine rings is 1. The molecular formula is C22H27F2N3O4. The highest BCUT2D eigenvalue weighted by Crippen LogP contribution is 2.48. The van der Waals surface area contributed by atoms with E-state index in [0.717, 1.165) is 12.8 Å². The van der Waals surface area contributed by atoms with Crippen molar-refractivity contribution in [2.75, 3.05) is 24.6 Å². The number of alkyl carbamates (subject to hydrolysis) is 1. The van der Waals surface area contributed by atoms with Gasteiger partial charge in [0, 0.05) is 30.8 Å². The number of rotatable bonds is 7. The zero-order chi connectivity index (χ0) is 22.2. The van der Waals surface area contributed by atoms with Crippen LogP contribution < -0.4 is 15.5 Å². The summed E-state index contributed by atoms with van der Waals surface area (Å²) in [7, 11) is 0. The molecule has 0 radical (unpaired) electrons. The van der Waals surface area contributed by atoms with Crippen molar-refractivity contribution in [3.8, 4) is 0 Å². The van der Waals surface area contributed by atoms with Crippen molar-refractivity contribution < 1.29 is 27.9 Å². The molecule has 2 aliphatic heterocycles. The Morgan fingerprint density at radius 2 is 1.94 bits per heavy atom. The number of anilines is 1. The quantitative estimate of drug-likeness (QED) is 0.508. The maximum atomic E-state index is 14.6. The van der Waals surface area contributed by atoms with Crippen LogP contribution in [0.3, 0.4) is 0 Å². The fourth-order valence-corrected chi connectivity index (χ4v) is 4.17. The van der Waals surface area contributed by atoms with Crippen LogP contribution in [-0.2, 0) is 14.3 Å². The molecule has 2 heterocycles. The van der Waals surface area contributed by atoms with Crippen molar-refractivity contribution >= 4 is 23.6 Å². The Balaban J connectivity index is 1.26. The van der Waals surface area contributed by atoms with E-state index < -0.39 is 35.5 Å². The van der Waals surface area contributed by atoms with Crippen LogP contribution in [0.1, 0.15) is 56.9 Å². The minimum Gasteiger partial charge on any atom is -0.450 e. The Bertz CT molecular complexity index is 874. The molecule has 0 aromatic heterocycles. The first-order valence-electron chi connectivity index (χ1n) is 10.7. The molecule has 9 heteroatoms. The number of benzene rings is 1. The number of carbonyl (C=O) groups excluding carboxylic acids is 3. The Kier molecular flexibility index (Phi) is 5.85. The van der Waals surface area contributed by atoms with E-state index >= 15 is 0 Å². The summed E-state index contributed by atoms with van der Waals surface area (Å²) in [6.45, 7) is 3.43. The van der Waals surface area contributed by atoms with E-state index in [2.05, 4.69) is 17.6 Å². The Labute approximate surface area is 179 Å². The third-order valence-corrected chi connectivity index (χ3v) is 6.48. The number of nitrogens with zero attached hydrogens (tertiary/aromatic N) is 1. The van der Waals surface area contributed by atoms with Crippen molar-refractivity contribution in [2.45, 2.75) is 57.4 Å². The molecule has 3 aliphatic rings. The lowest BCUT2D eigenvalue weighted by Crippen LogP contribution is -2.59. The van der Waals surface area contributed by atoms with Gasteiger partial charge in [0.15, 0.2) is 0 Å². The van der Waals surface area contributed by atoms with E-state index in [-0.39, 0.29) is 24.4 Å². The summed E-state index contributed by atoms with van der Waals surface area (Å²) < 4.78 is 34.5. The van der Waals surface area contributed by atoms with Gasteiger partial charge in [-0.1, -0.05) is 6.92 Å². The highest BCUT2D eigenvalue weighted by Gasteiger charge is 2.36. The number of halogens is 2. The molecule has 7 nitrogen and oxygen atoms in total. The van der Waals surface area contributed by atoms with Crippen LogP contribution in [0.4, 0.5) is 19.3 Å². The molecule has 168 valence electrons. The molecule has 3 amide bonds. The molecule has 3 fully saturated rings. The van der Waals surface area contributed by atoms with Crippen molar-refractivity contribution in [3.05, 3.63) is 29.3 Å². The zero-order valence-electron chi connectivity index (χ0n) is 17.5. The molecule has 1 unspecified atom stereocenters. The van der Waals surface area contributed by atoms with Gasteiger partial charge in [-0.3, -0.25) is 14.9 Å². The molecular weight excluding hydrogens is 408 g/mol. The maximum absolute atomic E-state index is 14.6. The molecule has 0 bridgehead atoms. The summed E-state index contributed by atoms with van der Waals surface area (Å²) in [6.07, 6.45) is 4.04. The van der Waals surface area contributed by atoms with Crippen LogP contribution in [0.2, 0.25) is 0 Å².